The number of hydrogen-bond acceptors (Lipinski definition) is 8. The van der Waals surface area contributed by atoms with Crippen LogP contribution in [0.3, 0.4) is 0 Å². The number of anilines is 2. The van der Waals surface area contributed by atoms with Crippen molar-refractivity contribution in [1.82, 2.24) is 15.0 Å². The SMILES string of the molecule is COC(=O)c1cc(-c2cnc(Nc3ccc(F)c(Cl)c3)nc2S(C)(=O)=O)ccn1. The molecular formula is C18H14ClFN4O4S. The van der Waals surface area contributed by atoms with E-state index in [1.807, 2.05) is 0 Å². The van der Waals surface area contributed by atoms with E-state index in [0.717, 1.165) is 12.3 Å². The summed E-state index contributed by atoms with van der Waals surface area (Å²) in [5.41, 5.74) is 0.938. The number of ether oxygens (including phenoxy) is 1. The quantitative estimate of drug-likeness (QED) is 0.479. The molecule has 0 atom stereocenters. The van der Waals surface area contributed by atoms with Gasteiger partial charge in [-0.05, 0) is 35.9 Å². The summed E-state index contributed by atoms with van der Waals surface area (Å²) in [4.78, 5) is 23.8. The minimum atomic E-state index is -3.76. The van der Waals surface area contributed by atoms with Gasteiger partial charge in [-0.1, -0.05) is 11.6 Å². The molecular weight excluding hydrogens is 423 g/mol. The van der Waals surface area contributed by atoms with Crippen LogP contribution in [0.4, 0.5) is 16.0 Å². The third-order valence-corrected chi connectivity index (χ3v) is 5.05. The van der Waals surface area contributed by atoms with Crippen molar-refractivity contribution in [2.45, 2.75) is 5.03 Å². The maximum absolute atomic E-state index is 13.3. The average molecular weight is 437 g/mol. The van der Waals surface area contributed by atoms with Crippen molar-refractivity contribution in [2.75, 3.05) is 18.7 Å². The second-order valence-corrected chi connectivity index (χ2v) is 8.20. The lowest BCUT2D eigenvalue weighted by molar-refractivity contribution is 0.0594. The van der Waals surface area contributed by atoms with Gasteiger partial charge in [-0.2, -0.15) is 0 Å². The van der Waals surface area contributed by atoms with E-state index in [4.69, 9.17) is 11.6 Å². The maximum Gasteiger partial charge on any atom is 0.356 e. The summed E-state index contributed by atoms with van der Waals surface area (Å²) in [5, 5.41) is 2.41. The van der Waals surface area contributed by atoms with E-state index in [9.17, 15) is 17.6 Å². The molecule has 3 aromatic rings. The number of benzene rings is 1. The predicted octanol–water partition coefficient (Wildman–Crippen LogP) is 3.26. The molecule has 2 aromatic heterocycles. The molecule has 0 unspecified atom stereocenters. The highest BCUT2D eigenvalue weighted by Crippen LogP contribution is 2.28. The number of halogens is 2. The third-order valence-electron chi connectivity index (χ3n) is 3.75. The number of methoxy groups -OCH3 is 1. The molecule has 0 saturated heterocycles. The Kier molecular flexibility index (Phi) is 5.76. The molecule has 2 heterocycles. The summed E-state index contributed by atoms with van der Waals surface area (Å²) in [6.45, 7) is 0. The van der Waals surface area contributed by atoms with Crippen LogP contribution in [0.2, 0.25) is 5.02 Å². The summed E-state index contributed by atoms with van der Waals surface area (Å²) in [6, 6.07) is 6.78. The highest BCUT2D eigenvalue weighted by Gasteiger charge is 2.20. The fourth-order valence-electron chi connectivity index (χ4n) is 2.42. The van der Waals surface area contributed by atoms with Gasteiger partial charge in [-0.3, -0.25) is 0 Å². The fraction of sp³-hybridized carbons (Fsp3) is 0.111. The number of aromatic nitrogens is 3. The van der Waals surface area contributed by atoms with Gasteiger partial charge in [0.2, 0.25) is 5.95 Å². The highest BCUT2D eigenvalue weighted by atomic mass is 35.5. The zero-order valence-corrected chi connectivity index (χ0v) is 16.8. The first-order valence-corrected chi connectivity index (χ1v) is 10.3. The largest absolute Gasteiger partial charge is 0.464 e. The highest BCUT2D eigenvalue weighted by molar-refractivity contribution is 7.90. The third kappa shape index (κ3) is 4.66. The number of carbonyl (C=O) groups excluding carboxylic acids is 1. The molecule has 0 amide bonds. The van der Waals surface area contributed by atoms with Gasteiger partial charge in [-0.25, -0.2) is 32.6 Å². The van der Waals surface area contributed by atoms with Crippen molar-refractivity contribution >= 4 is 39.0 Å². The van der Waals surface area contributed by atoms with E-state index in [0.29, 0.717) is 11.3 Å². The second-order valence-electron chi connectivity index (χ2n) is 5.86. The number of sulfone groups is 1. The van der Waals surface area contributed by atoms with Gasteiger partial charge >= 0.3 is 5.97 Å². The number of hydrogen-bond donors (Lipinski definition) is 1. The zero-order valence-electron chi connectivity index (χ0n) is 15.2. The number of esters is 1. The Balaban J connectivity index is 2.06. The Morgan fingerprint density at radius 3 is 2.62 bits per heavy atom. The van der Waals surface area contributed by atoms with Crippen LogP contribution in [-0.4, -0.2) is 42.7 Å². The van der Waals surface area contributed by atoms with E-state index in [1.165, 1.54) is 43.8 Å². The molecule has 0 radical (unpaired) electrons. The molecule has 29 heavy (non-hydrogen) atoms. The van der Waals surface area contributed by atoms with Crippen molar-refractivity contribution in [2.24, 2.45) is 0 Å². The molecule has 0 aliphatic carbocycles. The van der Waals surface area contributed by atoms with Crippen LogP contribution in [-0.2, 0) is 14.6 Å². The molecule has 1 N–H and O–H groups in total. The standard InChI is InChI=1S/C18H14ClFN4O4S/c1-28-17(25)15-7-10(5-6-21-15)12-9-22-18(24-16(12)29(2,26)27)23-11-3-4-14(20)13(19)8-11/h3-9H,1-2H3,(H,22,23,24). The van der Waals surface area contributed by atoms with Gasteiger partial charge < -0.3 is 10.1 Å². The molecule has 150 valence electrons. The van der Waals surface area contributed by atoms with Gasteiger partial charge in [0.1, 0.15) is 11.5 Å². The Morgan fingerprint density at radius 2 is 1.97 bits per heavy atom. The molecule has 0 aliphatic rings. The number of nitrogens with one attached hydrogen (secondary N) is 1. The predicted molar refractivity (Wildman–Crippen MR) is 104 cm³/mol. The minimum absolute atomic E-state index is 0.00704. The monoisotopic (exact) mass is 436 g/mol. The Hall–Kier alpha value is -3.11. The van der Waals surface area contributed by atoms with Gasteiger partial charge in [0.25, 0.3) is 0 Å². The molecule has 0 bridgehead atoms. The molecule has 1 aromatic carbocycles. The number of nitrogens with zero attached hydrogens (tertiary/aromatic N) is 3. The number of carbonyl (C=O) groups is 1. The van der Waals surface area contributed by atoms with Gasteiger partial charge in [-0.15, -0.1) is 0 Å². The van der Waals surface area contributed by atoms with Crippen molar-refractivity contribution < 1.29 is 22.3 Å². The van der Waals surface area contributed by atoms with Crippen LogP contribution in [0.5, 0.6) is 0 Å². The van der Waals surface area contributed by atoms with Crippen molar-refractivity contribution in [3.8, 4) is 11.1 Å². The van der Waals surface area contributed by atoms with Crippen molar-refractivity contribution in [3.05, 3.63) is 59.3 Å². The van der Waals surface area contributed by atoms with E-state index < -0.39 is 21.6 Å². The minimum Gasteiger partial charge on any atom is -0.464 e. The van der Waals surface area contributed by atoms with E-state index in [2.05, 4.69) is 25.0 Å². The fourth-order valence-corrected chi connectivity index (χ4v) is 3.43. The Labute approximate surface area is 170 Å². The topological polar surface area (TPSA) is 111 Å². The maximum atomic E-state index is 13.3. The number of pyridine rings is 1. The first-order valence-electron chi connectivity index (χ1n) is 8.03. The molecule has 3 rings (SSSR count). The molecule has 0 spiro atoms. The van der Waals surface area contributed by atoms with Crippen LogP contribution < -0.4 is 5.32 Å². The lowest BCUT2D eigenvalue weighted by atomic mass is 10.1. The van der Waals surface area contributed by atoms with Crippen LogP contribution in [0, 0.1) is 5.82 Å². The normalized spacial score (nSPS) is 11.2. The smallest absolute Gasteiger partial charge is 0.356 e. The summed E-state index contributed by atoms with van der Waals surface area (Å²) in [7, 11) is -2.55. The lowest BCUT2D eigenvalue weighted by Crippen LogP contribution is -2.08. The Bertz CT molecular complexity index is 1200. The van der Waals surface area contributed by atoms with E-state index >= 15 is 0 Å². The molecule has 0 fully saturated rings. The van der Waals surface area contributed by atoms with Crippen LogP contribution in [0.25, 0.3) is 11.1 Å². The summed E-state index contributed by atoms with van der Waals surface area (Å²) in [6.07, 6.45) is 3.65. The summed E-state index contributed by atoms with van der Waals surface area (Å²) >= 11 is 5.75. The van der Waals surface area contributed by atoms with Crippen LogP contribution in [0.1, 0.15) is 10.5 Å². The Morgan fingerprint density at radius 1 is 1.21 bits per heavy atom. The first kappa shape index (κ1) is 20.6. The molecule has 0 aliphatic heterocycles. The van der Waals surface area contributed by atoms with Crippen LogP contribution in [0.15, 0.2) is 47.8 Å². The lowest BCUT2D eigenvalue weighted by Gasteiger charge is -2.11. The first-order chi connectivity index (χ1) is 13.7. The van der Waals surface area contributed by atoms with Gasteiger partial charge in [0.15, 0.2) is 14.9 Å². The van der Waals surface area contributed by atoms with Crippen LogP contribution >= 0.6 is 11.6 Å². The number of rotatable bonds is 5. The average Bonchev–Trinajstić information content (AvgIpc) is 2.69. The van der Waals surface area contributed by atoms with E-state index in [1.54, 1.807) is 0 Å². The van der Waals surface area contributed by atoms with Gasteiger partial charge in [0, 0.05) is 29.9 Å². The summed E-state index contributed by atoms with van der Waals surface area (Å²) < 4.78 is 42.6. The van der Waals surface area contributed by atoms with E-state index in [-0.39, 0.29) is 27.3 Å². The zero-order chi connectivity index (χ0) is 21.2. The molecule has 0 saturated carbocycles. The van der Waals surface area contributed by atoms with Gasteiger partial charge in [0.05, 0.1) is 12.1 Å². The molecule has 8 nitrogen and oxygen atoms in total. The summed E-state index contributed by atoms with van der Waals surface area (Å²) in [5.74, 6) is -1.29. The van der Waals surface area contributed by atoms with Crippen molar-refractivity contribution in [3.63, 3.8) is 0 Å². The second kappa shape index (κ2) is 8.10. The van der Waals surface area contributed by atoms with Crippen molar-refractivity contribution in [1.29, 1.82) is 0 Å². The molecule has 11 heteroatoms.